The van der Waals surface area contributed by atoms with Gasteiger partial charge in [-0.3, -0.25) is 0 Å². The first-order chi connectivity index (χ1) is 6.41. The second-order valence-corrected chi connectivity index (χ2v) is 3.66. The SMILES string of the molecule is [CH3-].[CH3-].[CH3][Al][CH3].[Yb].c1cc[cH-]c1.c1cc[cH-]c1. The molecule has 0 bridgehead atoms. The van der Waals surface area contributed by atoms with Crippen LogP contribution in [0.4, 0.5) is 0 Å². The molecule has 2 aromatic carbocycles. The minimum absolute atomic E-state index is 0. The summed E-state index contributed by atoms with van der Waals surface area (Å²) in [6.45, 7) is 0. The zero-order valence-electron chi connectivity index (χ0n) is 10.6. The van der Waals surface area contributed by atoms with E-state index < -0.39 is 0 Å². The predicted octanol–water partition coefficient (Wildman–Crippen LogP) is 4.50. The molecule has 0 unspecified atom stereocenters. The van der Waals surface area contributed by atoms with E-state index in [1.54, 1.807) is 0 Å². The molecule has 16 heavy (non-hydrogen) atoms. The van der Waals surface area contributed by atoms with Crippen LogP contribution in [0.2, 0.25) is 11.6 Å². The Kier molecular flexibility index (Phi) is 39.7. The van der Waals surface area contributed by atoms with Crippen molar-refractivity contribution in [3.8, 4) is 0 Å². The second kappa shape index (κ2) is 24.8. The van der Waals surface area contributed by atoms with Crippen molar-refractivity contribution in [2.75, 3.05) is 0 Å². The third-order valence-electron chi connectivity index (χ3n) is 1.11. The fourth-order valence-corrected chi connectivity index (χ4v) is 0.642. The van der Waals surface area contributed by atoms with E-state index in [0.717, 1.165) is 15.2 Å². The van der Waals surface area contributed by atoms with E-state index in [-0.39, 0.29) is 61.8 Å². The van der Waals surface area contributed by atoms with Crippen LogP contribution in [-0.4, -0.2) is 15.2 Å². The fraction of sp³-hybridized carbons (Fsp3) is 0.143. The molecule has 0 heterocycles. The molecule has 0 N–H and O–H groups in total. The normalized spacial score (nSPS) is 5.88. The molecule has 0 fully saturated rings. The summed E-state index contributed by atoms with van der Waals surface area (Å²) < 4.78 is 0. The van der Waals surface area contributed by atoms with Crippen molar-refractivity contribution >= 4 is 15.2 Å². The van der Waals surface area contributed by atoms with Crippen LogP contribution in [0.5, 0.6) is 0 Å². The standard InChI is InChI=1S/2C5H5.4CH3.Al.Yb/c2*1-2-4-5-3-1;;;;;;/h2*1-5H;4*1H3;;/q2*-1;;;2*-1;;. The van der Waals surface area contributed by atoms with Crippen LogP contribution < -0.4 is 0 Å². The molecule has 0 atom stereocenters. The maximum atomic E-state index is 2.21. The smallest absolute Gasteiger partial charge is 0.191 e. The van der Waals surface area contributed by atoms with Crippen molar-refractivity contribution in [1.29, 1.82) is 0 Å². The van der Waals surface area contributed by atoms with Gasteiger partial charge in [-0.25, -0.2) is 24.3 Å². The first-order valence-electron chi connectivity index (χ1n) is 4.49. The van der Waals surface area contributed by atoms with Gasteiger partial charge < -0.3 is 14.9 Å². The van der Waals surface area contributed by atoms with E-state index in [9.17, 15) is 0 Å². The van der Waals surface area contributed by atoms with Gasteiger partial charge in [-0.2, -0.15) is 36.4 Å². The topological polar surface area (TPSA) is 0 Å². The van der Waals surface area contributed by atoms with Gasteiger partial charge in [0.25, 0.3) is 0 Å². The van der Waals surface area contributed by atoms with Gasteiger partial charge in [0.1, 0.15) is 0 Å². The third kappa shape index (κ3) is 24.1. The third-order valence-corrected chi connectivity index (χ3v) is 1.11. The Morgan fingerprint density at radius 3 is 0.938 bits per heavy atom. The molecule has 0 nitrogen and oxygen atoms in total. The number of hydrogen-bond acceptors (Lipinski definition) is 0. The summed E-state index contributed by atoms with van der Waals surface area (Å²) >= 11 is 0.750. The molecule has 0 aliphatic rings. The summed E-state index contributed by atoms with van der Waals surface area (Å²) in [6, 6.07) is 20.0. The van der Waals surface area contributed by atoms with Crippen LogP contribution in [0.15, 0.2) is 60.7 Å². The Hall–Kier alpha value is 0.752. The van der Waals surface area contributed by atoms with E-state index in [4.69, 9.17) is 0 Å². The van der Waals surface area contributed by atoms with Crippen LogP contribution >= 0.6 is 0 Å². The molecule has 0 saturated carbocycles. The Morgan fingerprint density at radius 2 is 0.875 bits per heavy atom. The molecule has 2 heteroatoms. The molecule has 0 amide bonds. The van der Waals surface area contributed by atoms with Crippen molar-refractivity contribution < 1.29 is 46.9 Å². The Bertz CT molecular complexity index is 162. The van der Waals surface area contributed by atoms with Crippen LogP contribution in [0, 0.1) is 61.8 Å². The molecule has 2 aromatic rings. The van der Waals surface area contributed by atoms with Gasteiger partial charge in [-0.1, -0.05) is 0 Å². The van der Waals surface area contributed by atoms with Gasteiger partial charge in [0.05, 0.1) is 0 Å². The quantitative estimate of drug-likeness (QED) is 0.459. The minimum atomic E-state index is 0. The second-order valence-electron chi connectivity index (χ2n) is 2.50. The maximum Gasteiger partial charge on any atom is 0.191 e. The van der Waals surface area contributed by atoms with Crippen molar-refractivity contribution in [1.82, 2.24) is 0 Å². The van der Waals surface area contributed by atoms with E-state index >= 15 is 0 Å². The average molecular weight is 390 g/mol. The van der Waals surface area contributed by atoms with E-state index in [2.05, 4.69) is 11.6 Å². The predicted molar refractivity (Wildman–Crippen MR) is 74.4 cm³/mol. The molecule has 0 saturated heterocycles. The maximum absolute atomic E-state index is 2.21. The van der Waals surface area contributed by atoms with Crippen LogP contribution in [-0.2, 0) is 0 Å². The van der Waals surface area contributed by atoms with Crippen LogP contribution in [0.3, 0.4) is 0 Å². The van der Waals surface area contributed by atoms with E-state index in [1.165, 1.54) is 0 Å². The summed E-state index contributed by atoms with van der Waals surface area (Å²) in [4.78, 5) is 0. The molecule has 0 aromatic heterocycles. The van der Waals surface area contributed by atoms with Crippen molar-refractivity contribution in [3.05, 3.63) is 75.5 Å². The molecule has 0 aliphatic carbocycles. The number of rotatable bonds is 0. The molecule has 0 spiro atoms. The van der Waals surface area contributed by atoms with Crippen molar-refractivity contribution in [2.24, 2.45) is 0 Å². The summed E-state index contributed by atoms with van der Waals surface area (Å²) in [5.41, 5.74) is 0. The zero-order valence-corrected chi connectivity index (χ0v) is 13.5. The summed E-state index contributed by atoms with van der Waals surface area (Å²) in [7, 11) is 0. The Balaban J connectivity index is -0.0000000638. The van der Waals surface area contributed by atoms with E-state index in [0.29, 0.717) is 0 Å². The van der Waals surface area contributed by atoms with Crippen molar-refractivity contribution in [2.45, 2.75) is 11.6 Å². The Labute approximate surface area is 147 Å². The van der Waals surface area contributed by atoms with Gasteiger partial charge in [-0.15, -0.1) is 11.6 Å². The Morgan fingerprint density at radius 1 is 0.688 bits per heavy atom. The summed E-state index contributed by atoms with van der Waals surface area (Å²) in [5.74, 6) is 4.42. The average Bonchev–Trinajstić information content (AvgIpc) is 2.85. The minimum Gasteiger partial charge on any atom is -0.358 e. The van der Waals surface area contributed by atoms with Crippen LogP contribution in [0.25, 0.3) is 0 Å². The molecule has 0 aliphatic heterocycles. The molecule has 2 rings (SSSR count). The first kappa shape index (κ1) is 25.6. The molecular formula is C14H22AlYb-4. The number of hydrogen-bond donors (Lipinski definition) is 0. The van der Waals surface area contributed by atoms with Crippen molar-refractivity contribution in [3.63, 3.8) is 0 Å². The summed E-state index contributed by atoms with van der Waals surface area (Å²) in [5, 5.41) is 0. The first-order valence-corrected chi connectivity index (χ1v) is 6.80. The largest absolute Gasteiger partial charge is 0.358 e. The molecule has 1 radical (unpaired) electrons. The van der Waals surface area contributed by atoms with Gasteiger partial charge in [0.2, 0.25) is 0 Å². The molecule has 99 valence electrons. The monoisotopic (exact) mass is 391 g/mol. The van der Waals surface area contributed by atoms with Crippen LogP contribution in [0.1, 0.15) is 0 Å². The van der Waals surface area contributed by atoms with Gasteiger partial charge in [0.15, 0.2) is 15.2 Å². The van der Waals surface area contributed by atoms with Gasteiger partial charge in [0, 0.05) is 46.9 Å². The fourth-order valence-electron chi connectivity index (χ4n) is 0.642. The van der Waals surface area contributed by atoms with Gasteiger partial charge >= 0.3 is 0 Å². The van der Waals surface area contributed by atoms with Gasteiger partial charge in [-0.05, 0) is 0 Å². The van der Waals surface area contributed by atoms with E-state index in [1.807, 2.05) is 60.7 Å². The zero-order chi connectivity index (χ0) is 9.78. The summed E-state index contributed by atoms with van der Waals surface area (Å²) in [6.07, 6.45) is 0. The molecular weight excluding hydrogens is 368 g/mol.